The molecule has 0 saturated heterocycles. The van der Waals surface area contributed by atoms with Gasteiger partial charge < -0.3 is 9.64 Å². The fourth-order valence-corrected chi connectivity index (χ4v) is 1.57. The molecule has 1 amide bonds. The van der Waals surface area contributed by atoms with Gasteiger partial charge in [-0.25, -0.2) is 13.8 Å². The van der Waals surface area contributed by atoms with Crippen molar-refractivity contribution in [3.63, 3.8) is 0 Å². The second-order valence-electron chi connectivity index (χ2n) is 4.60. The number of carbonyl (C=O) groups is 1. The average molecular weight is 358 g/mol. The molecule has 1 aromatic carbocycles. The number of amides is 1. The lowest BCUT2D eigenvalue weighted by atomic mass is 10.3. The predicted octanol–water partition coefficient (Wildman–Crippen LogP) is 2.44. The van der Waals surface area contributed by atoms with Crippen LogP contribution in [0.3, 0.4) is 0 Å². The highest BCUT2D eigenvalue weighted by Crippen LogP contribution is 2.19. The van der Waals surface area contributed by atoms with Gasteiger partial charge in [-0.2, -0.15) is 5.48 Å². The van der Waals surface area contributed by atoms with Gasteiger partial charge in [0, 0.05) is 14.1 Å². The second-order valence-corrected chi connectivity index (χ2v) is 5.01. The van der Waals surface area contributed by atoms with Crippen molar-refractivity contribution in [2.24, 2.45) is 5.16 Å². The van der Waals surface area contributed by atoms with Crippen molar-refractivity contribution >= 4 is 29.6 Å². The van der Waals surface area contributed by atoms with Gasteiger partial charge in [-0.15, -0.1) is 0 Å². The van der Waals surface area contributed by atoms with Gasteiger partial charge in [0.25, 0.3) is 0 Å². The van der Waals surface area contributed by atoms with Crippen LogP contribution in [0.1, 0.15) is 11.4 Å². The van der Waals surface area contributed by atoms with E-state index in [0.717, 1.165) is 0 Å². The number of benzene rings is 1. The molecule has 0 aliphatic rings. The average Bonchev–Trinajstić information content (AvgIpc) is 2.99. The maximum atomic E-state index is 13.0. The SMILES string of the molecule is CN(C)C(=O)OCc1nonc1/C=N/ONc1ccc(F)c(Cl)c1. The van der Waals surface area contributed by atoms with Gasteiger partial charge in [-0.1, -0.05) is 21.9 Å². The van der Waals surface area contributed by atoms with Crippen LogP contribution in [0.25, 0.3) is 0 Å². The largest absolute Gasteiger partial charge is 0.443 e. The van der Waals surface area contributed by atoms with E-state index in [1.807, 2.05) is 0 Å². The third-order valence-corrected chi connectivity index (χ3v) is 2.88. The van der Waals surface area contributed by atoms with Gasteiger partial charge in [0.1, 0.15) is 18.6 Å². The number of rotatable bonds is 6. The number of oxime groups is 1. The Morgan fingerprint density at radius 3 is 3.00 bits per heavy atom. The Morgan fingerprint density at radius 2 is 2.29 bits per heavy atom. The summed E-state index contributed by atoms with van der Waals surface area (Å²) in [4.78, 5) is 17.4. The maximum Gasteiger partial charge on any atom is 0.409 e. The van der Waals surface area contributed by atoms with Crippen LogP contribution in [-0.2, 0) is 16.3 Å². The number of hydrogen-bond donors (Lipinski definition) is 1. The molecule has 2 aromatic rings. The van der Waals surface area contributed by atoms with Crippen molar-refractivity contribution in [3.05, 3.63) is 40.4 Å². The van der Waals surface area contributed by atoms with Crippen molar-refractivity contribution < 1.29 is 23.5 Å². The van der Waals surface area contributed by atoms with E-state index in [1.54, 1.807) is 14.1 Å². The summed E-state index contributed by atoms with van der Waals surface area (Å²) in [6.07, 6.45) is 0.667. The van der Waals surface area contributed by atoms with Crippen LogP contribution < -0.4 is 5.48 Å². The molecule has 0 saturated carbocycles. The Hall–Kier alpha value is -2.88. The zero-order valence-corrected chi connectivity index (χ0v) is 13.5. The van der Waals surface area contributed by atoms with E-state index in [2.05, 4.69) is 25.6 Å². The van der Waals surface area contributed by atoms with Crippen molar-refractivity contribution in [2.75, 3.05) is 19.6 Å². The second kappa shape index (κ2) is 8.11. The zero-order chi connectivity index (χ0) is 17.5. The number of aromatic nitrogens is 2. The Kier molecular flexibility index (Phi) is 5.90. The van der Waals surface area contributed by atoms with Crippen LogP contribution in [-0.4, -0.2) is 41.6 Å². The van der Waals surface area contributed by atoms with Gasteiger partial charge in [0.2, 0.25) is 0 Å². The van der Waals surface area contributed by atoms with E-state index in [4.69, 9.17) is 21.3 Å². The summed E-state index contributed by atoms with van der Waals surface area (Å²) in [7, 11) is 3.10. The van der Waals surface area contributed by atoms with Gasteiger partial charge >= 0.3 is 6.09 Å². The first kappa shape index (κ1) is 17.5. The summed E-state index contributed by atoms with van der Waals surface area (Å²) < 4.78 is 22.5. The minimum atomic E-state index is -0.545. The number of nitrogens with zero attached hydrogens (tertiary/aromatic N) is 4. The lowest BCUT2D eigenvalue weighted by Crippen LogP contribution is -2.22. The van der Waals surface area contributed by atoms with Crippen molar-refractivity contribution in [3.8, 4) is 0 Å². The summed E-state index contributed by atoms with van der Waals surface area (Å²) in [5.74, 6) is -0.545. The Labute approximate surface area is 140 Å². The monoisotopic (exact) mass is 357 g/mol. The summed E-state index contributed by atoms with van der Waals surface area (Å²) in [6, 6.07) is 3.92. The molecule has 0 fully saturated rings. The lowest BCUT2D eigenvalue weighted by molar-refractivity contribution is 0.109. The molecule has 1 heterocycles. The minimum Gasteiger partial charge on any atom is -0.443 e. The molecule has 1 aromatic heterocycles. The number of anilines is 1. The summed E-state index contributed by atoms with van der Waals surface area (Å²) in [6.45, 7) is -0.136. The molecule has 0 aliphatic carbocycles. The van der Waals surface area contributed by atoms with Crippen LogP contribution >= 0.6 is 11.6 Å². The zero-order valence-electron chi connectivity index (χ0n) is 12.7. The molecule has 1 N–H and O–H groups in total. The molecule has 9 nitrogen and oxygen atoms in total. The Morgan fingerprint density at radius 1 is 1.50 bits per heavy atom. The van der Waals surface area contributed by atoms with E-state index in [1.165, 1.54) is 29.3 Å². The van der Waals surface area contributed by atoms with Crippen LogP contribution in [0.5, 0.6) is 0 Å². The molecule has 0 atom stereocenters. The molecular formula is C13H13ClFN5O4. The van der Waals surface area contributed by atoms with Gasteiger partial charge in [0.15, 0.2) is 11.4 Å². The standard InChI is InChI=1S/C13H13ClFN5O4/c1-20(2)13(21)22-7-12-11(18-24-19-12)6-16-23-17-8-3-4-10(15)9(14)5-8/h3-6,17H,7H2,1-2H3/b16-6+. The molecule has 0 radical (unpaired) electrons. The highest BCUT2D eigenvalue weighted by Gasteiger charge is 2.12. The van der Waals surface area contributed by atoms with E-state index < -0.39 is 11.9 Å². The number of nitrogens with one attached hydrogen (secondary N) is 1. The fraction of sp³-hybridized carbons (Fsp3) is 0.231. The van der Waals surface area contributed by atoms with E-state index >= 15 is 0 Å². The van der Waals surface area contributed by atoms with Gasteiger partial charge in [0.05, 0.1) is 10.7 Å². The third kappa shape index (κ3) is 4.81. The molecule has 0 aliphatic heterocycles. The van der Waals surface area contributed by atoms with Crippen molar-refractivity contribution in [1.29, 1.82) is 0 Å². The summed E-state index contributed by atoms with van der Waals surface area (Å²) in [5, 5.41) is 10.7. The number of hydrogen-bond acceptors (Lipinski definition) is 8. The normalized spacial score (nSPS) is 10.7. The first-order valence-electron chi connectivity index (χ1n) is 6.53. The van der Waals surface area contributed by atoms with Crippen LogP contribution in [0.4, 0.5) is 14.9 Å². The van der Waals surface area contributed by atoms with Crippen LogP contribution in [0.15, 0.2) is 28.0 Å². The number of ether oxygens (including phenoxy) is 1. The van der Waals surface area contributed by atoms with Gasteiger partial charge in [-0.05, 0) is 23.4 Å². The molecule has 11 heteroatoms. The van der Waals surface area contributed by atoms with Crippen LogP contribution in [0, 0.1) is 5.82 Å². The van der Waals surface area contributed by atoms with E-state index in [0.29, 0.717) is 5.69 Å². The molecule has 0 spiro atoms. The maximum absolute atomic E-state index is 13.0. The third-order valence-electron chi connectivity index (χ3n) is 2.59. The molecule has 0 unspecified atom stereocenters. The summed E-state index contributed by atoms with van der Waals surface area (Å²) >= 11 is 5.63. The quantitative estimate of drug-likeness (QED) is 0.625. The minimum absolute atomic E-state index is 0.0572. The van der Waals surface area contributed by atoms with Crippen molar-refractivity contribution in [2.45, 2.75) is 6.61 Å². The number of carbonyl (C=O) groups excluding carboxylic acids is 1. The highest BCUT2D eigenvalue weighted by molar-refractivity contribution is 6.31. The lowest BCUT2D eigenvalue weighted by Gasteiger charge is -2.09. The molecule has 128 valence electrons. The molecule has 2 rings (SSSR count). The molecular weight excluding hydrogens is 345 g/mol. The smallest absolute Gasteiger partial charge is 0.409 e. The highest BCUT2D eigenvalue weighted by atomic mass is 35.5. The Bertz CT molecular complexity index is 737. The topological polar surface area (TPSA) is 102 Å². The van der Waals surface area contributed by atoms with E-state index in [9.17, 15) is 9.18 Å². The Balaban J connectivity index is 1.87. The van der Waals surface area contributed by atoms with Gasteiger partial charge in [-0.3, -0.25) is 4.94 Å². The fourth-order valence-electron chi connectivity index (χ4n) is 1.39. The molecule has 0 bridgehead atoms. The van der Waals surface area contributed by atoms with Crippen molar-refractivity contribution in [1.82, 2.24) is 15.2 Å². The molecule has 24 heavy (non-hydrogen) atoms. The first-order valence-corrected chi connectivity index (χ1v) is 6.91. The van der Waals surface area contributed by atoms with Crippen LogP contribution in [0.2, 0.25) is 5.02 Å². The van der Waals surface area contributed by atoms with E-state index in [-0.39, 0.29) is 23.0 Å². The summed E-state index contributed by atoms with van der Waals surface area (Å²) in [5.41, 5.74) is 3.33. The first-order chi connectivity index (χ1) is 11.5. The number of halogens is 2. The predicted molar refractivity (Wildman–Crippen MR) is 81.9 cm³/mol.